The lowest BCUT2D eigenvalue weighted by atomic mass is 10.0. The van der Waals surface area contributed by atoms with Gasteiger partial charge in [-0.25, -0.2) is 4.79 Å². The summed E-state index contributed by atoms with van der Waals surface area (Å²) < 4.78 is 9.92. The van der Waals surface area contributed by atoms with Crippen molar-refractivity contribution in [2.75, 3.05) is 13.2 Å². The normalized spacial score (nSPS) is 23.1. The van der Waals surface area contributed by atoms with Gasteiger partial charge in [0.2, 0.25) is 0 Å². The van der Waals surface area contributed by atoms with Crippen LogP contribution in [-0.2, 0) is 14.3 Å². The molecule has 1 heterocycles. The van der Waals surface area contributed by atoms with Crippen molar-refractivity contribution in [1.29, 1.82) is 0 Å². The topological polar surface area (TPSA) is 38.8 Å². The van der Waals surface area contributed by atoms with E-state index in [0.717, 1.165) is 13.0 Å². The van der Waals surface area contributed by atoms with Crippen molar-refractivity contribution in [3.63, 3.8) is 0 Å². The maximum Gasteiger partial charge on any atom is 0.330 e. The fourth-order valence-electron chi connectivity index (χ4n) is 1.22. The average Bonchev–Trinajstić information content (AvgIpc) is 2.90. The van der Waals surface area contributed by atoms with Gasteiger partial charge >= 0.3 is 5.97 Å². The zero-order valence-corrected chi connectivity index (χ0v) is 8.16. The Morgan fingerprint density at radius 2 is 2.38 bits per heavy atom. The first kappa shape index (κ1) is 10.3. The van der Waals surface area contributed by atoms with Crippen LogP contribution >= 0.6 is 0 Å². The van der Waals surface area contributed by atoms with Crippen molar-refractivity contribution >= 4 is 5.97 Å². The van der Waals surface area contributed by atoms with Crippen LogP contribution in [0.15, 0.2) is 12.2 Å². The molecule has 1 aliphatic rings. The van der Waals surface area contributed by atoms with E-state index in [1.165, 1.54) is 6.08 Å². The lowest BCUT2D eigenvalue weighted by Gasteiger charge is -2.04. The molecule has 0 spiro atoms. The third-order valence-electron chi connectivity index (χ3n) is 2.07. The predicted octanol–water partition coefficient (Wildman–Crippen LogP) is 1.53. The number of hydrogen-bond acceptors (Lipinski definition) is 3. The SMILES string of the molecule is CCOC(=O)C=C[C@@H](CC)[C@@H]1CO1. The van der Waals surface area contributed by atoms with Crippen molar-refractivity contribution in [3.05, 3.63) is 12.2 Å². The van der Waals surface area contributed by atoms with Gasteiger partial charge in [-0.15, -0.1) is 0 Å². The highest BCUT2D eigenvalue weighted by atomic mass is 16.6. The zero-order chi connectivity index (χ0) is 9.68. The van der Waals surface area contributed by atoms with Gasteiger partial charge in [-0.2, -0.15) is 0 Å². The van der Waals surface area contributed by atoms with E-state index in [0.29, 0.717) is 18.6 Å². The molecule has 0 unspecified atom stereocenters. The number of rotatable bonds is 5. The lowest BCUT2D eigenvalue weighted by Crippen LogP contribution is -2.05. The number of hydrogen-bond donors (Lipinski definition) is 0. The monoisotopic (exact) mass is 184 g/mol. The number of ether oxygens (including phenoxy) is 2. The summed E-state index contributed by atoms with van der Waals surface area (Å²) in [5.74, 6) is 0.103. The molecule has 3 nitrogen and oxygen atoms in total. The molecule has 0 aliphatic carbocycles. The van der Waals surface area contributed by atoms with E-state index < -0.39 is 0 Å². The summed E-state index contributed by atoms with van der Waals surface area (Å²) in [6.45, 7) is 5.14. The minimum Gasteiger partial charge on any atom is -0.463 e. The van der Waals surface area contributed by atoms with Crippen molar-refractivity contribution in [1.82, 2.24) is 0 Å². The Balaban J connectivity index is 2.30. The van der Waals surface area contributed by atoms with Crippen LogP contribution < -0.4 is 0 Å². The van der Waals surface area contributed by atoms with Gasteiger partial charge in [0.05, 0.1) is 19.3 Å². The van der Waals surface area contributed by atoms with Crippen LogP contribution in [0, 0.1) is 5.92 Å². The summed E-state index contributed by atoms with van der Waals surface area (Å²) in [4.78, 5) is 11.0. The number of carbonyl (C=O) groups excluding carboxylic acids is 1. The Labute approximate surface area is 78.7 Å². The first-order chi connectivity index (χ1) is 6.27. The molecule has 1 aliphatic heterocycles. The molecule has 0 N–H and O–H groups in total. The van der Waals surface area contributed by atoms with E-state index in [-0.39, 0.29) is 5.97 Å². The smallest absolute Gasteiger partial charge is 0.330 e. The van der Waals surface area contributed by atoms with E-state index in [9.17, 15) is 4.79 Å². The standard InChI is InChI=1S/C10H16O3/c1-3-8(9-7-13-9)5-6-10(11)12-4-2/h5-6,8-9H,3-4,7H2,1-2H3/t8-,9+/m1/s1. The van der Waals surface area contributed by atoms with Crippen molar-refractivity contribution < 1.29 is 14.3 Å². The second-order valence-corrected chi connectivity index (χ2v) is 3.06. The molecule has 74 valence electrons. The Hall–Kier alpha value is -0.830. The average molecular weight is 184 g/mol. The van der Waals surface area contributed by atoms with Crippen LogP contribution in [0.5, 0.6) is 0 Å². The maximum atomic E-state index is 11.0. The Bertz CT molecular complexity index is 194. The highest BCUT2D eigenvalue weighted by Gasteiger charge is 2.29. The largest absolute Gasteiger partial charge is 0.463 e. The summed E-state index contributed by atoms with van der Waals surface area (Å²) in [6.07, 6.45) is 4.71. The Morgan fingerprint density at radius 3 is 2.85 bits per heavy atom. The highest BCUT2D eigenvalue weighted by molar-refractivity contribution is 5.81. The summed E-state index contributed by atoms with van der Waals surface area (Å²) >= 11 is 0. The predicted molar refractivity (Wildman–Crippen MR) is 49.3 cm³/mol. The summed E-state index contributed by atoms with van der Waals surface area (Å²) in [5, 5.41) is 0. The van der Waals surface area contributed by atoms with Crippen LogP contribution in [0.2, 0.25) is 0 Å². The van der Waals surface area contributed by atoms with Crippen LogP contribution in [-0.4, -0.2) is 25.3 Å². The molecule has 0 aromatic carbocycles. The molecule has 0 amide bonds. The van der Waals surface area contributed by atoms with Crippen LogP contribution in [0.3, 0.4) is 0 Å². The van der Waals surface area contributed by atoms with Gasteiger partial charge in [0.15, 0.2) is 0 Å². The molecule has 0 aromatic rings. The molecule has 0 aromatic heterocycles. The van der Waals surface area contributed by atoms with Gasteiger partial charge in [0, 0.05) is 12.0 Å². The van der Waals surface area contributed by atoms with Crippen molar-refractivity contribution in [3.8, 4) is 0 Å². The van der Waals surface area contributed by atoms with Crippen LogP contribution in [0.4, 0.5) is 0 Å². The summed E-state index contributed by atoms with van der Waals surface area (Å²) in [5.41, 5.74) is 0. The summed E-state index contributed by atoms with van der Waals surface area (Å²) in [6, 6.07) is 0. The van der Waals surface area contributed by atoms with Crippen LogP contribution in [0.25, 0.3) is 0 Å². The van der Waals surface area contributed by atoms with Gasteiger partial charge in [-0.3, -0.25) is 0 Å². The lowest BCUT2D eigenvalue weighted by molar-refractivity contribution is -0.137. The van der Waals surface area contributed by atoms with Crippen molar-refractivity contribution in [2.45, 2.75) is 26.4 Å². The minimum atomic E-state index is -0.262. The van der Waals surface area contributed by atoms with Gasteiger partial charge in [0.25, 0.3) is 0 Å². The van der Waals surface area contributed by atoms with E-state index in [1.807, 2.05) is 6.08 Å². The summed E-state index contributed by atoms with van der Waals surface area (Å²) in [7, 11) is 0. The van der Waals surface area contributed by atoms with Crippen molar-refractivity contribution in [2.24, 2.45) is 5.92 Å². The number of epoxide rings is 1. The van der Waals surface area contributed by atoms with E-state index in [4.69, 9.17) is 9.47 Å². The molecular formula is C10H16O3. The zero-order valence-electron chi connectivity index (χ0n) is 8.16. The molecule has 1 rings (SSSR count). The fourth-order valence-corrected chi connectivity index (χ4v) is 1.22. The molecule has 0 bridgehead atoms. The van der Waals surface area contributed by atoms with Gasteiger partial charge in [0.1, 0.15) is 0 Å². The quantitative estimate of drug-likeness (QED) is 0.369. The molecule has 0 radical (unpaired) electrons. The van der Waals surface area contributed by atoms with Gasteiger partial charge in [-0.1, -0.05) is 13.0 Å². The molecular weight excluding hydrogens is 168 g/mol. The fraction of sp³-hybridized carbons (Fsp3) is 0.700. The first-order valence-corrected chi connectivity index (χ1v) is 4.74. The molecule has 13 heavy (non-hydrogen) atoms. The van der Waals surface area contributed by atoms with E-state index in [1.54, 1.807) is 6.92 Å². The third-order valence-corrected chi connectivity index (χ3v) is 2.07. The number of carbonyl (C=O) groups is 1. The second-order valence-electron chi connectivity index (χ2n) is 3.06. The van der Waals surface area contributed by atoms with E-state index >= 15 is 0 Å². The molecule has 2 atom stereocenters. The van der Waals surface area contributed by atoms with Gasteiger partial charge in [-0.05, 0) is 13.3 Å². The Morgan fingerprint density at radius 1 is 1.69 bits per heavy atom. The minimum absolute atomic E-state index is 0.262. The second kappa shape index (κ2) is 5.02. The molecule has 0 saturated carbocycles. The Kier molecular flexibility index (Phi) is 3.96. The van der Waals surface area contributed by atoms with Gasteiger partial charge < -0.3 is 9.47 Å². The molecule has 1 fully saturated rings. The first-order valence-electron chi connectivity index (χ1n) is 4.74. The van der Waals surface area contributed by atoms with E-state index in [2.05, 4.69) is 6.92 Å². The molecule has 1 saturated heterocycles. The van der Waals surface area contributed by atoms with Crippen LogP contribution in [0.1, 0.15) is 20.3 Å². The highest BCUT2D eigenvalue weighted by Crippen LogP contribution is 2.23. The third kappa shape index (κ3) is 3.59. The maximum absolute atomic E-state index is 11.0. The molecule has 3 heteroatoms. The number of esters is 1.